The van der Waals surface area contributed by atoms with Crippen LogP contribution in [-0.4, -0.2) is 30.5 Å². The van der Waals surface area contributed by atoms with E-state index in [0.29, 0.717) is 29.8 Å². The van der Waals surface area contributed by atoms with Crippen molar-refractivity contribution in [3.8, 4) is 0 Å². The van der Waals surface area contributed by atoms with E-state index in [1.54, 1.807) is 0 Å². The van der Waals surface area contributed by atoms with E-state index in [4.69, 9.17) is 0 Å². The molecule has 0 spiro atoms. The lowest BCUT2D eigenvalue weighted by molar-refractivity contribution is -0.134. The van der Waals surface area contributed by atoms with E-state index in [1.807, 2.05) is 0 Å². The molecule has 3 rings (SSSR count). The molecule has 2 N–H and O–H groups in total. The molecular formula is C27H50N2O. The van der Waals surface area contributed by atoms with Crippen molar-refractivity contribution in [3.05, 3.63) is 0 Å². The highest BCUT2D eigenvalue weighted by Gasteiger charge is 2.51. The van der Waals surface area contributed by atoms with Crippen LogP contribution in [0.1, 0.15) is 124 Å². The predicted octanol–water partition coefficient (Wildman–Crippen LogP) is 6.40. The average molecular weight is 419 g/mol. The molecule has 1 aliphatic heterocycles. The number of Topliss-reactive ketones (excluding diaryl/α,β-unsaturated/α-hetero) is 1. The summed E-state index contributed by atoms with van der Waals surface area (Å²) in [6.07, 6.45) is 21.1. The molecule has 3 heteroatoms. The number of piperidine rings is 1. The van der Waals surface area contributed by atoms with Gasteiger partial charge in [0.1, 0.15) is 5.78 Å². The second kappa shape index (κ2) is 12.0. The number of hydrogen-bond acceptors (Lipinski definition) is 3. The molecule has 2 aliphatic carbocycles. The lowest BCUT2D eigenvalue weighted by atomic mass is 9.61. The van der Waals surface area contributed by atoms with Crippen molar-refractivity contribution in [2.75, 3.05) is 6.54 Å². The second-order valence-corrected chi connectivity index (χ2v) is 11.5. The third kappa shape index (κ3) is 6.79. The molecule has 0 aromatic heterocycles. The van der Waals surface area contributed by atoms with Crippen LogP contribution >= 0.6 is 0 Å². The molecule has 3 fully saturated rings. The van der Waals surface area contributed by atoms with Crippen molar-refractivity contribution in [1.82, 2.24) is 10.6 Å². The first-order valence-corrected chi connectivity index (χ1v) is 13.5. The molecule has 30 heavy (non-hydrogen) atoms. The zero-order valence-corrected chi connectivity index (χ0v) is 20.3. The fraction of sp³-hybridized carbons (Fsp3) is 0.963. The summed E-state index contributed by atoms with van der Waals surface area (Å²) in [4.78, 5) is 13.2. The number of fused-ring (bicyclic) bond motifs is 2. The minimum Gasteiger partial charge on any atom is -0.313 e. The summed E-state index contributed by atoms with van der Waals surface area (Å²) in [6.45, 7) is 7.95. The van der Waals surface area contributed by atoms with E-state index in [9.17, 15) is 4.79 Å². The maximum absolute atomic E-state index is 13.2. The molecule has 0 aromatic rings. The van der Waals surface area contributed by atoms with Crippen molar-refractivity contribution in [1.29, 1.82) is 0 Å². The minimum absolute atomic E-state index is 0.161. The zero-order chi connectivity index (χ0) is 21.4. The number of ketones is 1. The van der Waals surface area contributed by atoms with Crippen LogP contribution in [0.5, 0.6) is 0 Å². The highest BCUT2D eigenvalue weighted by molar-refractivity contribution is 5.84. The summed E-state index contributed by atoms with van der Waals surface area (Å²) in [5.41, 5.74) is 0.161. The summed E-state index contributed by atoms with van der Waals surface area (Å²) in [6, 6.07) is 1.45. The van der Waals surface area contributed by atoms with Gasteiger partial charge in [0.25, 0.3) is 0 Å². The highest BCUT2D eigenvalue weighted by Crippen LogP contribution is 2.44. The molecule has 0 radical (unpaired) electrons. The Hall–Kier alpha value is -0.410. The number of rotatable bonds is 12. The Morgan fingerprint density at radius 2 is 1.53 bits per heavy atom. The van der Waals surface area contributed by atoms with Crippen molar-refractivity contribution >= 4 is 5.78 Å². The van der Waals surface area contributed by atoms with Gasteiger partial charge in [-0.25, -0.2) is 0 Å². The molecule has 0 aromatic carbocycles. The summed E-state index contributed by atoms with van der Waals surface area (Å²) in [5, 5.41) is 7.90. The SMILES string of the molecule is CCCCCCCCCCCCNC1C2CCCCC2NC2CC(C)(C)CC(=O)C21. The molecule has 5 unspecified atom stereocenters. The number of carbonyl (C=O) groups is 1. The average Bonchev–Trinajstić information content (AvgIpc) is 2.70. The van der Waals surface area contributed by atoms with Gasteiger partial charge in [0.15, 0.2) is 0 Å². The van der Waals surface area contributed by atoms with Gasteiger partial charge in [0, 0.05) is 30.5 Å². The first kappa shape index (κ1) is 24.2. The van der Waals surface area contributed by atoms with Gasteiger partial charge >= 0.3 is 0 Å². The zero-order valence-electron chi connectivity index (χ0n) is 20.3. The lowest BCUT2D eigenvalue weighted by Gasteiger charge is -2.54. The quantitative estimate of drug-likeness (QED) is 0.360. The minimum atomic E-state index is 0.161. The summed E-state index contributed by atoms with van der Waals surface area (Å²) < 4.78 is 0. The van der Waals surface area contributed by atoms with Crippen LogP contribution in [0.4, 0.5) is 0 Å². The Balaban J connectivity index is 1.41. The van der Waals surface area contributed by atoms with Crippen LogP contribution in [0.15, 0.2) is 0 Å². The molecule has 0 amide bonds. The lowest BCUT2D eigenvalue weighted by Crippen LogP contribution is -2.68. The topological polar surface area (TPSA) is 41.1 Å². The number of hydrogen-bond donors (Lipinski definition) is 2. The Labute approximate surface area is 186 Å². The van der Waals surface area contributed by atoms with Gasteiger partial charge in [-0.15, -0.1) is 0 Å². The van der Waals surface area contributed by atoms with Gasteiger partial charge in [-0.3, -0.25) is 4.79 Å². The van der Waals surface area contributed by atoms with E-state index in [0.717, 1.165) is 19.4 Å². The largest absolute Gasteiger partial charge is 0.313 e. The molecule has 174 valence electrons. The van der Waals surface area contributed by atoms with Gasteiger partial charge in [-0.2, -0.15) is 0 Å². The molecule has 0 bridgehead atoms. The van der Waals surface area contributed by atoms with Crippen molar-refractivity contribution < 1.29 is 4.79 Å². The fourth-order valence-corrected chi connectivity index (χ4v) is 6.72. The van der Waals surface area contributed by atoms with Gasteiger partial charge in [0.2, 0.25) is 0 Å². The summed E-state index contributed by atoms with van der Waals surface area (Å²) >= 11 is 0. The summed E-state index contributed by atoms with van der Waals surface area (Å²) in [7, 11) is 0. The van der Waals surface area contributed by atoms with Crippen LogP contribution in [0.2, 0.25) is 0 Å². The van der Waals surface area contributed by atoms with E-state index >= 15 is 0 Å². The third-order valence-corrected chi connectivity index (χ3v) is 8.24. The van der Waals surface area contributed by atoms with Gasteiger partial charge in [0.05, 0.1) is 0 Å². The first-order chi connectivity index (χ1) is 14.5. The fourth-order valence-electron chi connectivity index (χ4n) is 6.72. The van der Waals surface area contributed by atoms with Crippen LogP contribution in [0.25, 0.3) is 0 Å². The Morgan fingerprint density at radius 3 is 2.23 bits per heavy atom. The van der Waals surface area contributed by atoms with Gasteiger partial charge in [-0.05, 0) is 43.6 Å². The van der Waals surface area contributed by atoms with Crippen LogP contribution in [0.3, 0.4) is 0 Å². The second-order valence-electron chi connectivity index (χ2n) is 11.5. The maximum Gasteiger partial charge on any atom is 0.139 e. The van der Waals surface area contributed by atoms with Crippen LogP contribution in [0, 0.1) is 17.3 Å². The van der Waals surface area contributed by atoms with E-state index < -0.39 is 0 Å². The highest BCUT2D eigenvalue weighted by atomic mass is 16.1. The normalized spacial score (nSPS) is 33.2. The predicted molar refractivity (Wildman–Crippen MR) is 128 cm³/mol. The molecule has 3 aliphatic rings. The van der Waals surface area contributed by atoms with Crippen molar-refractivity contribution in [2.24, 2.45) is 17.3 Å². The van der Waals surface area contributed by atoms with Gasteiger partial charge < -0.3 is 10.6 Å². The number of carbonyl (C=O) groups excluding carboxylic acids is 1. The monoisotopic (exact) mass is 418 g/mol. The number of nitrogens with one attached hydrogen (secondary N) is 2. The van der Waals surface area contributed by atoms with Gasteiger partial charge in [-0.1, -0.05) is 91.4 Å². The standard InChI is InChI=1S/C27H50N2O/c1-4-5-6-7-8-9-10-11-12-15-18-28-26-21-16-13-14-17-22(21)29-23-19-27(2,3)20-24(30)25(23)26/h21-23,25-26,28-29H,4-20H2,1-3H3. The van der Waals surface area contributed by atoms with E-state index in [2.05, 4.69) is 31.4 Å². The van der Waals surface area contributed by atoms with E-state index in [1.165, 1.54) is 89.9 Å². The maximum atomic E-state index is 13.2. The molecule has 1 heterocycles. The van der Waals surface area contributed by atoms with Crippen molar-refractivity contribution in [3.63, 3.8) is 0 Å². The third-order valence-electron chi connectivity index (χ3n) is 8.24. The van der Waals surface area contributed by atoms with Crippen molar-refractivity contribution in [2.45, 2.75) is 142 Å². The smallest absolute Gasteiger partial charge is 0.139 e. The molecule has 5 atom stereocenters. The Morgan fingerprint density at radius 1 is 0.900 bits per heavy atom. The molecular weight excluding hydrogens is 368 g/mol. The molecule has 1 saturated heterocycles. The number of unbranched alkanes of at least 4 members (excludes halogenated alkanes) is 9. The van der Waals surface area contributed by atoms with Crippen LogP contribution in [-0.2, 0) is 4.79 Å². The van der Waals surface area contributed by atoms with E-state index in [-0.39, 0.29) is 11.3 Å². The molecule has 3 nitrogen and oxygen atoms in total. The first-order valence-electron chi connectivity index (χ1n) is 13.5. The summed E-state index contributed by atoms with van der Waals surface area (Å²) in [5.74, 6) is 1.39. The molecule has 2 saturated carbocycles. The Kier molecular flexibility index (Phi) is 9.69. The Bertz CT molecular complexity index is 517. The van der Waals surface area contributed by atoms with Crippen LogP contribution < -0.4 is 10.6 Å².